The summed E-state index contributed by atoms with van der Waals surface area (Å²) in [5.41, 5.74) is 1.96. The molecule has 2 rings (SSSR count). The van der Waals surface area contributed by atoms with E-state index < -0.39 is 0 Å². The monoisotopic (exact) mass is 257 g/mol. The second-order valence-corrected chi connectivity index (χ2v) is 5.23. The van der Waals surface area contributed by atoms with E-state index in [1.807, 2.05) is 30.5 Å². The number of aliphatic imine (C=N–C) groups is 1. The van der Waals surface area contributed by atoms with Gasteiger partial charge < -0.3 is 4.74 Å². The zero-order valence-electron chi connectivity index (χ0n) is 11.9. The Labute approximate surface area is 116 Å². The van der Waals surface area contributed by atoms with Crippen LogP contribution in [-0.4, -0.2) is 12.3 Å². The molecule has 1 aliphatic carbocycles. The Morgan fingerprint density at radius 3 is 2.84 bits per heavy atom. The van der Waals surface area contributed by atoms with E-state index in [1.54, 1.807) is 0 Å². The number of benzene rings is 1. The van der Waals surface area contributed by atoms with Crippen molar-refractivity contribution in [1.82, 2.24) is 0 Å². The first kappa shape index (κ1) is 13.9. The first-order valence-corrected chi connectivity index (χ1v) is 7.21. The van der Waals surface area contributed by atoms with Gasteiger partial charge >= 0.3 is 0 Å². The predicted octanol–water partition coefficient (Wildman–Crippen LogP) is 5.01. The average molecular weight is 257 g/mol. The second kappa shape index (κ2) is 6.55. The van der Waals surface area contributed by atoms with Crippen LogP contribution in [0.1, 0.15) is 45.1 Å². The largest absolute Gasteiger partial charge is 0.488 e. The maximum absolute atomic E-state index is 6.03. The molecule has 0 heterocycles. The van der Waals surface area contributed by atoms with Crippen LogP contribution in [0.3, 0.4) is 0 Å². The Morgan fingerprint density at radius 1 is 1.47 bits per heavy atom. The minimum atomic E-state index is 0.373. The highest BCUT2D eigenvalue weighted by molar-refractivity contribution is 5.75. The van der Waals surface area contributed by atoms with Crippen molar-refractivity contribution in [2.24, 2.45) is 10.9 Å². The molecule has 0 spiro atoms. The molecular weight excluding hydrogens is 234 g/mol. The van der Waals surface area contributed by atoms with Crippen molar-refractivity contribution in [3.63, 3.8) is 0 Å². The van der Waals surface area contributed by atoms with E-state index in [0.717, 1.165) is 36.3 Å². The molecule has 1 aromatic carbocycles. The molecule has 0 N–H and O–H groups in total. The van der Waals surface area contributed by atoms with Crippen molar-refractivity contribution in [2.45, 2.75) is 45.6 Å². The molecule has 1 aliphatic rings. The van der Waals surface area contributed by atoms with Crippen LogP contribution in [0.25, 0.3) is 6.08 Å². The molecule has 19 heavy (non-hydrogen) atoms. The lowest BCUT2D eigenvalue weighted by atomic mass is 9.96. The summed E-state index contributed by atoms with van der Waals surface area (Å²) in [4.78, 5) is 4.64. The lowest BCUT2D eigenvalue weighted by Gasteiger charge is -2.27. The summed E-state index contributed by atoms with van der Waals surface area (Å²) in [6.45, 7) is 8.21. The molecule has 2 nitrogen and oxygen atoms in total. The van der Waals surface area contributed by atoms with Crippen LogP contribution in [0.2, 0.25) is 0 Å². The van der Waals surface area contributed by atoms with E-state index in [0.29, 0.717) is 12.0 Å². The van der Waals surface area contributed by atoms with Gasteiger partial charge in [-0.3, -0.25) is 4.99 Å². The molecule has 0 saturated heterocycles. The van der Waals surface area contributed by atoms with Gasteiger partial charge in [-0.15, -0.1) is 0 Å². The first-order chi connectivity index (χ1) is 9.24. The lowest BCUT2D eigenvalue weighted by molar-refractivity contribution is 0.121. The van der Waals surface area contributed by atoms with Crippen LogP contribution < -0.4 is 4.74 Å². The van der Waals surface area contributed by atoms with Crippen LogP contribution in [0.5, 0.6) is 5.75 Å². The van der Waals surface area contributed by atoms with Crippen LogP contribution in [-0.2, 0) is 0 Å². The van der Waals surface area contributed by atoms with Crippen molar-refractivity contribution < 1.29 is 4.74 Å². The van der Waals surface area contributed by atoms with Crippen LogP contribution >= 0.6 is 0 Å². The fraction of sp³-hybridized carbons (Fsp3) is 0.471. The molecule has 0 aliphatic heterocycles. The minimum Gasteiger partial charge on any atom is -0.488 e. The highest BCUT2D eigenvalue weighted by Gasteiger charge is 2.20. The fourth-order valence-corrected chi connectivity index (χ4v) is 1.91. The first-order valence-electron chi connectivity index (χ1n) is 7.21. The van der Waals surface area contributed by atoms with Gasteiger partial charge in [0.05, 0.1) is 6.10 Å². The quantitative estimate of drug-likeness (QED) is 0.656. The normalized spacial score (nSPS) is 17.2. The van der Waals surface area contributed by atoms with Crippen molar-refractivity contribution in [1.29, 1.82) is 0 Å². The highest BCUT2D eigenvalue weighted by Crippen LogP contribution is 2.35. The summed E-state index contributed by atoms with van der Waals surface area (Å²) < 4.78 is 6.03. The summed E-state index contributed by atoms with van der Waals surface area (Å²) >= 11 is 0. The standard InChI is InChI=1S/C17H23NO/c1-4-13(3)12-18-17-14(5-2)8-6-11-16(17)19-15-9-7-10-15/h5-6,8,11-13,15H,2,4,7,9-10H2,1,3H3/b18-12-. The van der Waals surface area contributed by atoms with Gasteiger partial charge in [-0.05, 0) is 37.7 Å². The minimum absolute atomic E-state index is 0.373. The van der Waals surface area contributed by atoms with Crippen LogP contribution in [0, 0.1) is 5.92 Å². The third kappa shape index (κ3) is 3.46. The third-order valence-electron chi connectivity index (χ3n) is 3.70. The summed E-state index contributed by atoms with van der Waals surface area (Å²) in [5.74, 6) is 1.37. The Balaban J connectivity index is 2.25. The van der Waals surface area contributed by atoms with E-state index in [2.05, 4.69) is 25.4 Å². The summed E-state index contributed by atoms with van der Waals surface area (Å²) in [6.07, 6.45) is 8.92. The maximum Gasteiger partial charge on any atom is 0.145 e. The van der Waals surface area contributed by atoms with Gasteiger partial charge in [-0.25, -0.2) is 0 Å². The fourth-order valence-electron chi connectivity index (χ4n) is 1.91. The zero-order valence-corrected chi connectivity index (χ0v) is 11.9. The number of para-hydroxylation sites is 1. The van der Waals surface area contributed by atoms with Gasteiger partial charge in [0.25, 0.3) is 0 Å². The molecule has 0 aromatic heterocycles. The van der Waals surface area contributed by atoms with Crippen molar-refractivity contribution in [3.05, 3.63) is 30.3 Å². The lowest BCUT2D eigenvalue weighted by Crippen LogP contribution is -2.24. The molecule has 0 bridgehead atoms. The summed E-state index contributed by atoms with van der Waals surface area (Å²) in [5, 5.41) is 0. The molecular formula is C17H23NO. The average Bonchev–Trinajstić information content (AvgIpc) is 2.40. The topological polar surface area (TPSA) is 21.6 Å². The number of rotatable bonds is 6. The summed E-state index contributed by atoms with van der Waals surface area (Å²) in [6, 6.07) is 6.05. The van der Waals surface area contributed by atoms with Crippen molar-refractivity contribution in [3.8, 4) is 5.75 Å². The number of hydrogen-bond donors (Lipinski definition) is 0. The number of nitrogens with zero attached hydrogens (tertiary/aromatic N) is 1. The van der Waals surface area contributed by atoms with Crippen molar-refractivity contribution in [2.75, 3.05) is 0 Å². The molecule has 0 radical (unpaired) electrons. The maximum atomic E-state index is 6.03. The Morgan fingerprint density at radius 2 is 2.26 bits per heavy atom. The zero-order chi connectivity index (χ0) is 13.7. The van der Waals surface area contributed by atoms with E-state index in [-0.39, 0.29) is 0 Å². The van der Waals surface area contributed by atoms with E-state index in [4.69, 9.17) is 4.74 Å². The van der Waals surface area contributed by atoms with Gasteiger partial charge in [0.15, 0.2) is 0 Å². The smallest absolute Gasteiger partial charge is 0.145 e. The third-order valence-corrected chi connectivity index (χ3v) is 3.70. The van der Waals surface area contributed by atoms with Gasteiger partial charge in [0.1, 0.15) is 11.4 Å². The molecule has 1 unspecified atom stereocenters. The Bertz CT molecular complexity index is 460. The van der Waals surface area contributed by atoms with Gasteiger partial charge in [0.2, 0.25) is 0 Å². The molecule has 102 valence electrons. The predicted molar refractivity (Wildman–Crippen MR) is 82.4 cm³/mol. The number of hydrogen-bond acceptors (Lipinski definition) is 2. The van der Waals surface area contributed by atoms with Crippen LogP contribution in [0.15, 0.2) is 29.8 Å². The molecule has 1 atom stereocenters. The molecule has 2 heteroatoms. The van der Waals surface area contributed by atoms with Gasteiger partial charge in [0, 0.05) is 11.8 Å². The van der Waals surface area contributed by atoms with Crippen molar-refractivity contribution >= 4 is 18.0 Å². The second-order valence-electron chi connectivity index (χ2n) is 5.23. The SMILES string of the molecule is C=Cc1cccc(OC2CCC2)c1/N=C\C(C)CC. The molecule has 1 aromatic rings. The van der Waals surface area contributed by atoms with E-state index in [1.165, 1.54) is 6.42 Å². The molecule has 1 saturated carbocycles. The molecule has 1 fully saturated rings. The summed E-state index contributed by atoms with van der Waals surface area (Å²) in [7, 11) is 0. The Kier molecular flexibility index (Phi) is 4.78. The number of ether oxygens (including phenoxy) is 1. The van der Waals surface area contributed by atoms with E-state index in [9.17, 15) is 0 Å². The molecule has 0 amide bonds. The van der Waals surface area contributed by atoms with E-state index >= 15 is 0 Å². The van der Waals surface area contributed by atoms with Gasteiger partial charge in [-0.2, -0.15) is 0 Å². The highest BCUT2D eigenvalue weighted by atomic mass is 16.5. The van der Waals surface area contributed by atoms with Crippen LogP contribution in [0.4, 0.5) is 5.69 Å². The van der Waals surface area contributed by atoms with Gasteiger partial charge in [-0.1, -0.05) is 38.6 Å². The Hall–Kier alpha value is -1.57.